The van der Waals surface area contributed by atoms with Gasteiger partial charge >= 0.3 is 5.97 Å². The largest absolute Gasteiger partial charge is 0.465 e. The van der Waals surface area contributed by atoms with Crippen LogP contribution in [0.15, 0.2) is 97.1 Å². The summed E-state index contributed by atoms with van der Waals surface area (Å²) in [6.45, 7) is 1.61. The Morgan fingerprint density at radius 3 is 2.19 bits per heavy atom. The molecule has 0 bridgehead atoms. The lowest BCUT2D eigenvalue weighted by Gasteiger charge is -2.24. The van der Waals surface area contributed by atoms with Crippen LogP contribution in [0, 0.1) is 0 Å². The summed E-state index contributed by atoms with van der Waals surface area (Å²) < 4.78 is 11.2. The van der Waals surface area contributed by atoms with Gasteiger partial charge in [-0.3, -0.25) is 5.84 Å². The molecule has 0 saturated carbocycles. The van der Waals surface area contributed by atoms with Crippen molar-refractivity contribution in [1.82, 2.24) is 5.01 Å². The first-order valence-corrected chi connectivity index (χ1v) is 12.9. The lowest BCUT2D eigenvalue weighted by Crippen LogP contribution is -2.35. The molecule has 1 heterocycles. The average Bonchev–Trinajstić information content (AvgIpc) is 3.38. The number of thiophene rings is 1. The molecule has 0 aliphatic heterocycles. The van der Waals surface area contributed by atoms with E-state index in [0.29, 0.717) is 25.3 Å². The number of benzene rings is 3. The Balaban J connectivity index is 1.34. The fourth-order valence-corrected chi connectivity index (χ4v) is 4.97. The molecule has 0 unspecified atom stereocenters. The number of esters is 1. The van der Waals surface area contributed by atoms with Gasteiger partial charge in [0, 0.05) is 22.8 Å². The van der Waals surface area contributed by atoms with Gasteiger partial charge in [-0.2, -0.15) is 0 Å². The molecule has 0 amide bonds. The highest BCUT2D eigenvalue weighted by molar-refractivity contribution is 7.11. The Bertz CT molecular complexity index is 1210. The molecule has 4 rings (SSSR count). The van der Waals surface area contributed by atoms with Crippen molar-refractivity contribution in [2.24, 2.45) is 5.84 Å². The van der Waals surface area contributed by atoms with Crippen molar-refractivity contribution < 1.29 is 14.3 Å². The van der Waals surface area contributed by atoms with E-state index in [4.69, 9.17) is 15.3 Å². The minimum atomic E-state index is -0.347. The molecule has 0 saturated heterocycles. The molecule has 4 aromatic rings. The number of nitrogens with two attached hydrogens (primary N) is 1. The summed E-state index contributed by atoms with van der Waals surface area (Å²) in [6, 6.07) is 32.4. The normalized spacial score (nSPS) is 12.0. The third-order valence-electron chi connectivity index (χ3n) is 5.98. The number of rotatable bonds is 12. The van der Waals surface area contributed by atoms with Crippen LogP contribution in [-0.2, 0) is 35.5 Å². The van der Waals surface area contributed by atoms with Crippen molar-refractivity contribution in [2.45, 2.75) is 32.1 Å². The summed E-state index contributed by atoms with van der Waals surface area (Å²) in [6.07, 6.45) is 1.90. The molecule has 186 valence electrons. The van der Waals surface area contributed by atoms with Crippen LogP contribution < -0.4 is 5.84 Å². The minimum absolute atomic E-state index is 0.166. The molecule has 0 spiro atoms. The average molecular weight is 501 g/mol. The van der Waals surface area contributed by atoms with E-state index in [0.717, 1.165) is 24.0 Å². The predicted octanol–water partition coefficient (Wildman–Crippen LogP) is 5.95. The summed E-state index contributed by atoms with van der Waals surface area (Å²) in [5, 5.41) is 1.75. The van der Waals surface area contributed by atoms with Gasteiger partial charge in [0.1, 0.15) is 0 Å². The Hall–Kier alpha value is -3.29. The van der Waals surface area contributed by atoms with E-state index in [1.807, 2.05) is 41.7 Å². The van der Waals surface area contributed by atoms with Crippen LogP contribution in [-0.4, -0.2) is 24.6 Å². The maximum absolute atomic E-state index is 11.7. The van der Waals surface area contributed by atoms with Crippen molar-refractivity contribution in [3.63, 3.8) is 0 Å². The molecular formula is C30H32N2O3S. The summed E-state index contributed by atoms with van der Waals surface area (Å²) in [5.41, 5.74) is 3.98. The molecule has 1 atom stereocenters. The number of hydrogen-bond acceptors (Lipinski definition) is 6. The number of carbonyl (C=O) groups is 1. The Morgan fingerprint density at radius 1 is 0.833 bits per heavy atom. The van der Waals surface area contributed by atoms with Gasteiger partial charge in [0.25, 0.3) is 0 Å². The van der Waals surface area contributed by atoms with E-state index in [9.17, 15) is 4.79 Å². The van der Waals surface area contributed by atoms with Crippen LogP contribution in [0.1, 0.15) is 42.9 Å². The van der Waals surface area contributed by atoms with Crippen LogP contribution in [0.2, 0.25) is 0 Å². The van der Waals surface area contributed by atoms with E-state index in [2.05, 4.69) is 54.6 Å². The van der Waals surface area contributed by atoms with Crippen molar-refractivity contribution >= 4 is 17.3 Å². The number of aryl methyl sites for hydroxylation is 2. The monoisotopic (exact) mass is 500 g/mol. The summed E-state index contributed by atoms with van der Waals surface area (Å²) in [4.78, 5) is 14.2. The second-order valence-corrected chi connectivity index (χ2v) is 9.93. The van der Waals surface area contributed by atoms with E-state index in [1.54, 1.807) is 17.1 Å². The Morgan fingerprint density at radius 2 is 1.50 bits per heavy atom. The minimum Gasteiger partial charge on any atom is -0.465 e. The standard InChI is InChI=1S/C30H32N2O3S/c1-34-30(33)26-15-12-24(13-16-26)20-32(31)21-29(25-10-6-3-7-11-25)35-22-28-19-18-27(36-28)17-14-23-8-4-2-5-9-23/h2-13,15-16,18-19,29H,14,17,20-22,31H2,1H3/t29-/m0/s1. The van der Waals surface area contributed by atoms with E-state index in [1.165, 1.54) is 22.4 Å². The molecule has 0 aliphatic rings. The highest BCUT2D eigenvalue weighted by Crippen LogP contribution is 2.24. The van der Waals surface area contributed by atoms with Gasteiger partial charge in [-0.1, -0.05) is 72.8 Å². The molecule has 2 N–H and O–H groups in total. The van der Waals surface area contributed by atoms with Crippen LogP contribution in [0.25, 0.3) is 0 Å². The van der Waals surface area contributed by atoms with Crippen LogP contribution >= 0.6 is 11.3 Å². The first-order chi connectivity index (χ1) is 17.6. The fraction of sp³-hybridized carbons (Fsp3) is 0.233. The van der Waals surface area contributed by atoms with Gasteiger partial charge in [0.15, 0.2) is 0 Å². The highest BCUT2D eigenvalue weighted by atomic mass is 32.1. The van der Waals surface area contributed by atoms with E-state index >= 15 is 0 Å². The second kappa shape index (κ2) is 13.1. The zero-order chi connectivity index (χ0) is 25.2. The topological polar surface area (TPSA) is 64.8 Å². The molecular weight excluding hydrogens is 468 g/mol. The van der Waals surface area contributed by atoms with Crippen molar-refractivity contribution in [3.8, 4) is 0 Å². The van der Waals surface area contributed by atoms with Gasteiger partial charge in [-0.25, -0.2) is 9.80 Å². The maximum atomic E-state index is 11.7. The summed E-state index contributed by atoms with van der Waals surface area (Å²) in [5.74, 6) is 6.05. The number of methoxy groups -OCH3 is 1. The summed E-state index contributed by atoms with van der Waals surface area (Å²) >= 11 is 1.81. The van der Waals surface area contributed by atoms with Gasteiger partial charge in [0.05, 0.1) is 25.4 Å². The van der Waals surface area contributed by atoms with Crippen molar-refractivity contribution in [3.05, 3.63) is 129 Å². The fourth-order valence-electron chi connectivity index (χ4n) is 4.03. The maximum Gasteiger partial charge on any atom is 0.337 e. The zero-order valence-corrected chi connectivity index (χ0v) is 21.3. The molecule has 5 nitrogen and oxygen atoms in total. The third-order valence-corrected chi connectivity index (χ3v) is 7.10. The first-order valence-electron chi connectivity index (χ1n) is 12.1. The van der Waals surface area contributed by atoms with Crippen molar-refractivity contribution in [2.75, 3.05) is 13.7 Å². The lowest BCUT2D eigenvalue weighted by atomic mass is 10.1. The SMILES string of the molecule is COC(=O)c1ccc(CN(N)C[C@H](OCc2ccc(CCc3ccccc3)s2)c2ccccc2)cc1. The van der Waals surface area contributed by atoms with Crippen LogP contribution in [0.4, 0.5) is 0 Å². The lowest BCUT2D eigenvalue weighted by molar-refractivity contribution is 0.0130. The number of hydrogen-bond donors (Lipinski definition) is 1. The number of carbonyl (C=O) groups excluding carboxylic acids is 1. The van der Waals surface area contributed by atoms with Crippen LogP contribution in [0.5, 0.6) is 0 Å². The third kappa shape index (κ3) is 7.60. The molecule has 0 aliphatic carbocycles. The van der Waals surface area contributed by atoms with Gasteiger partial charge < -0.3 is 9.47 Å². The quantitative estimate of drug-likeness (QED) is 0.148. The highest BCUT2D eigenvalue weighted by Gasteiger charge is 2.16. The van der Waals surface area contributed by atoms with E-state index in [-0.39, 0.29) is 12.1 Å². The molecule has 36 heavy (non-hydrogen) atoms. The molecule has 0 radical (unpaired) electrons. The number of hydrazine groups is 1. The zero-order valence-electron chi connectivity index (χ0n) is 20.5. The second-order valence-electron chi connectivity index (χ2n) is 8.68. The summed E-state index contributed by atoms with van der Waals surface area (Å²) in [7, 11) is 1.38. The van der Waals surface area contributed by atoms with Crippen molar-refractivity contribution in [1.29, 1.82) is 0 Å². The predicted molar refractivity (Wildman–Crippen MR) is 145 cm³/mol. The number of nitrogens with zero attached hydrogens (tertiary/aromatic N) is 1. The number of ether oxygens (including phenoxy) is 2. The smallest absolute Gasteiger partial charge is 0.337 e. The molecule has 6 heteroatoms. The molecule has 0 fully saturated rings. The molecule has 3 aromatic carbocycles. The Labute approximate surface area is 217 Å². The van der Waals surface area contributed by atoms with Crippen LogP contribution in [0.3, 0.4) is 0 Å². The van der Waals surface area contributed by atoms with Gasteiger partial charge in [-0.15, -0.1) is 11.3 Å². The Kier molecular flexibility index (Phi) is 9.41. The van der Waals surface area contributed by atoms with E-state index < -0.39 is 0 Å². The first kappa shape index (κ1) is 25.8. The van der Waals surface area contributed by atoms with Gasteiger partial charge in [-0.05, 0) is 53.8 Å². The van der Waals surface area contributed by atoms with Gasteiger partial charge in [0.2, 0.25) is 0 Å². The molecule has 1 aromatic heterocycles.